The number of pyridine rings is 1. The Morgan fingerprint density at radius 2 is 2.21 bits per heavy atom. The predicted octanol–water partition coefficient (Wildman–Crippen LogP) is 3.90. The average Bonchev–Trinajstić information content (AvgIpc) is 2.52. The van der Waals surface area contributed by atoms with E-state index in [4.69, 9.17) is 10.00 Å². The molecule has 2 atom stereocenters. The molecular weight excluding hydrogens is 302 g/mol. The predicted molar refractivity (Wildman–Crippen MR) is 91.0 cm³/mol. The number of aromatic nitrogens is 1. The van der Waals surface area contributed by atoms with Gasteiger partial charge in [-0.3, -0.25) is 9.88 Å². The van der Waals surface area contributed by atoms with E-state index >= 15 is 0 Å². The van der Waals surface area contributed by atoms with Crippen molar-refractivity contribution in [2.75, 3.05) is 0 Å². The van der Waals surface area contributed by atoms with Gasteiger partial charge < -0.3 is 4.74 Å². The molecule has 3 heterocycles. The molecule has 126 valence electrons. The van der Waals surface area contributed by atoms with Gasteiger partial charge in [0, 0.05) is 12.2 Å². The largest absolute Gasteiger partial charge is 0.444 e. The SMILES string of the molecule is CC(C)(C)OC(=O)N1C2C=C(c3cc(C#N)ccn3)CC1CCC2. The molecule has 1 aromatic heterocycles. The third kappa shape index (κ3) is 3.43. The second-order valence-electron chi connectivity index (χ2n) is 7.48. The van der Waals surface area contributed by atoms with Gasteiger partial charge in [-0.1, -0.05) is 6.08 Å². The number of hydrogen-bond donors (Lipinski definition) is 0. The lowest BCUT2D eigenvalue weighted by Gasteiger charge is -2.45. The van der Waals surface area contributed by atoms with Gasteiger partial charge in [0.2, 0.25) is 0 Å². The second kappa shape index (κ2) is 6.27. The first-order valence-electron chi connectivity index (χ1n) is 8.46. The number of nitrogens with zero attached hydrogens (tertiary/aromatic N) is 3. The smallest absolute Gasteiger partial charge is 0.411 e. The van der Waals surface area contributed by atoms with E-state index in [1.165, 1.54) is 0 Å². The van der Waals surface area contributed by atoms with Crippen LogP contribution in [0, 0.1) is 11.3 Å². The monoisotopic (exact) mass is 325 g/mol. The van der Waals surface area contributed by atoms with E-state index < -0.39 is 5.60 Å². The zero-order valence-electron chi connectivity index (χ0n) is 14.5. The summed E-state index contributed by atoms with van der Waals surface area (Å²) < 4.78 is 5.59. The van der Waals surface area contributed by atoms with E-state index in [1.807, 2.05) is 31.7 Å². The van der Waals surface area contributed by atoms with Crippen molar-refractivity contribution in [3.63, 3.8) is 0 Å². The Kier molecular flexibility index (Phi) is 4.31. The van der Waals surface area contributed by atoms with Crippen LogP contribution >= 0.6 is 0 Å². The standard InChI is InChI=1S/C19H23N3O2/c1-19(2,3)24-18(23)22-15-5-4-6-16(22)11-14(10-15)17-9-13(12-20)7-8-21-17/h7-10,15-16H,4-6,11H2,1-3H3. The Bertz CT molecular complexity index is 712. The zero-order valence-corrected chi connectivity index (χ0v) is 14.5. The number of amides is 1. The van der Waals surface area contributed by atoms with Gasteiger partial charge in [-0.05, 0) is 64.2 Å². The lowest BCUT2D eigenvalue weighted by Crippen LogP contribution is -2.53. The Morgan fingerprint density at radius 1 is 1.42 bits per heavy atom. The first-order valence-corrected chi connectivity index (χ1v) is 8.46. The molecule has 1 amide bonds. The lowest BCUT2D eigenvalue weighted by molar-refractivity contribution is 0.0000664. The van der Waals surface area contributed by atoms with Crippen LogP contribution < -0.4 is 0 Å². The van der Waals surface area contributed by atoms with Crippen molar-refractivity contribution in [3.8, 4) is 6.07 Å². The van der Waals surface area contributed by atoms with Crippen molar-refractivity contribution in [2.45, 2.75) is 64.1 Å². The average molecular weight is 325 g/mol. The van der Waals surface area contributed by atoms with Crippen molar-refractivity contribution in [1.29, 1.82) is 5.26 Å². The van der Waals surface area contributed by atoms with Gasteiger partial charge in [0.05, 0.1) is 23.4 Å². The maximum absolute atomic E-state index is 12.6. The van der Waals surface area contributed by atoms with E-state index in [1.54, 1.807) is 12.3 Å². The number of hydrogen-bond acceptors (Lipinski definition) is 4. The van der Waals surface area contributed by atoms with Crippen LogP contribution in [0.2, 0.25) is 0 Å². The Hall–Kier alpha value is -2.35. The van der Waals surface area contributed by atoms with Gasteiger partial charge >= 0.3 is 6.09 Å². The highest BCUT2D eigenvalue weighted by molar-refractivity contribution is 5.74. The van der Waals surface area contributed by atoms with Gasteiger partial charge in [-0.2, -0.15) is 5.26 Å². The molecular formula is C19H23N3O2. The maximum atomic E-state index is 12.6. The molecule has 1 saturated heterocycles. The van der Waals surface area contributed by atoms with E-state index in [9.17, 15) is 4.79 Å². The van der Waals surface area contributed by atoms with Gasteiger partial charge in [0.1, 0.15) is 5.60 Å². The Labute approximate surface area is 142 Å². The molecule has 0 radical (unpaired) electrons. The summed E-state index contributed by atoms with van der Waals surface area (Å²) >= 11 is 0. The normalized spacial score (nSPS) is 23.2. The molecule has 3 rings (SSSR count). The van der Waals surface area contributed by atoms with Crippen LogP contribution in [-0.2, 0) is 4.74 Å². The molecule has 24 heavy (non-hydrogen) atoms. The number of ether oxygens (including phenoxy) is 1. The van der Waals surface area contributed by atoms with Crippen molar-refractivity contribution in [1.82, 2.24) is 9.88 Å². The molecule has 5 nitrogen and oxygen atoms in total. The summed E-state index contributed by atoms with van der Waals surface area (Å²) in [4.78, 5) is 18.9. The van der Waals surface area contributed by atoms with Crippen molar-refractivity contribution < 1.29 is 9.53 Å². The number of carbonyl (C=O) groups excluding carboxylic acids is 1. The van der Waals surface area contributed by atoms with Crippen LogP contribution in [0.5, 0.6) is 0 Å². The fraction of sp³-hybridized carbons (Fsp3) is 0.526. The maximum Gasteiger partial charge on any atom is 0.411 e. The van der Waals surface area contributed by atoms with Crippen LogP contribution in [-0.4, -0.2) is 33.7 Å². The first kappa shape index (κ1) is 16.5. The van der Waals surface area contributed by atoms with E-state index in [0.717, 1.165) is 37.0 Å². The van der Waals surface area contributed by atoms with Crippen LogP contribution in [0.1, 0.15) is 57.7 Å². The molecule has 1 aromatic rings. The molecule has 2 bridgehead atoms. The Morgan fingerprint density at radius 3 is 2.88 bits per heavy atom. The molecule has 1 fully saturated rings. The van der Waals surface area contributed by atoms with Crippen molar-refractivity contribution in [3.05, 3.63) is 35.7 Å². The van der Waals surface area contributed by atoms with Gasteiger partial charge in [-0.25, -0.2) is 4.79 Å². The van der Waals surface area contributed by atoms with Crippen LogP contribution in [0.4, 0.5) is 4.79 Å². The Balaban J connectivity index is 1.87. The highest BCUT2D eigenvalue weighted by atomic mass is 16.6. The van der Waals surface area contributed by atoms with Gasteiger partial charge in [0.15, 0.2) is 0 Å². The van der Waals surface area contributed by atoms with E-state index in [2.05, 4.69) is 17.1 Å². The number of rotatable bonds is 1. The zero-order chi connectivity index (χ0) is 17.3. The van der Waals surface area contributed by atoms with Crippen LogP contribution in [0.15, 0.2) is 24.4 Å². The summed E-state index contributed by atoms with van der Waals surface area (Å²) in [7, 11) is 0. The van der Waals surface area contributed by atoms with Crippen LogP contribution in [0.3, 0.4) is 0 Å². The summed E-state index contributed by atoms with van der Waals surface area (Å²) in [5, 5.41) is 9.08. The molecule has 2 aliphatic heterocycles. The minimum Gasteiger partial charge on any atom is -0.444 e. The summed E-state index contributed by atoms with van der Waals surface area (Å²) in [5.41, 5.74) is 2.09. The topological polar surface area (TPSA) is 66.2 Å². The number of piperidine rings is 1. The molecule has 0 N–H and O–H groups in total. The van der Waals surface area contributed by atoms with E-state index in [0.29, 0.717) is 5.56 Å². The molecule has 2 aliphatic rings. The number of nitriles is 1. The van der Waals surface area contributed by atoms with Gasteiger partial charge in [-0.15, -0.1) is 0 Å². The first-order chi connectivity index (χ1) is 11.4. The fourth-order valence-electron chi connectivity index (χ4n) is 3.49. The van der Waals surface area contributed by atoms with Crippen LogP contribution in [0.25, 0.3) is 5.57 Å². The third-order valence-electron chi connectivity index (χ3n) is 4.46. The van der Waals surface area contributed by atoms with Crippen molar-refractivity contribution in [2.24, 2.45) is 0 Å². The van der Waals surface area contributed by atoms with Gasteiger partial charge in [0.25, 0.3) is 0 Å². The molecule has 0 aromatic carbocycles. The molecule has 0 aliphatic carbocycles. The second-order valence-corrected chi connectivity index (χ2v) is 7.48. The fourth-order valence-corrected chi connectivity index (χ4v) is 3.49. The quantitative estimate of drug-likeness (QED) is 0.785. The third-order valence-corrected chi connectivity index (χ3v) is 4.46. The lowest BCUT2D eigenvalue weighted by atomic mass is 9.84. The summed E-state index contributed by atoms with van der Waals surface area (Å²) in [6.45, 7) is 5.68. The summed E-state index contributed by atoms with van der Waals surface area (Å²) in [5.74, 6) is 0. The number of carbonyl (C=O) groups is 1. The minimum atomic E-state index is -0.488. The molecule has 0 saturated carbocycles. The van der Waals surface area contributed by atoms with E-state index in [-0.39, 0.29) is 18.2 Å². The highest BCUT2D eigenvalue weighted by Crippen LogP contribution is 2.37. The number of fused-ring (bicyclic) bond motifs is 2. The summed E-state index contributed by atoms with van der Waals surface area (Å²) in [6.07, 6.45) is 7.36. The molecule has 5 heteroatoms. The molecule has 0 spiro atoms. The molecule has 2 unspecified atom stereocenters. The van der Waals surface area contributed by atoms with Crippen molar-refractivity contribution >= 4 is 11.7 Å². The summed E-state index contributed by atoms with van der Waals surface area (Å²) in [6, 6.07) is 5.89. The minimum absolute atomic E-state index is 0.0508. The highest BCUT2D eigenvalue weighted by Gasteiger charge is 2.39.